The number of urea groups is 1. The van der Waals surface area contributed by atoms with Crippen LogP contribution in [0.1, 0.15) is 46.5 Å². The zero-order valence-corrected chi connectivity index (χ0v) is 11.2. The quantitative estimate of drug-likeness (QED) is 0.720. The van der Waals surface area contributed by atoms with Crippen molar-refractivity contribution in [2.24, 2.45) is 0 Å². The molecule has 0 atom stereocenters. The van der Waals surface area contributed by atoms with E-state index in [1.165, 1.54) is 4.90 Å². The molecule has 100 valence electrons. The maximum Gasteiger partial charge on any atom is 0.317 e. The molecule has 0 unspecified atom stereocenters. The number of carboxylic acids is 1. The molecule has 0 aromatic carbocycles. The van der Waals surface area contributed by atoms with E-state index in [0.29, 0.717) is 0 Å². The lowest BCUT2D eigenvalue weighted by molar-refractivity contribution is -0.137. The lowest BCUT2D eigenvalue weighted by Gasteiger charge is -2.33. The molecule has 5 nitrogen and oxygen atoms in total. The summed E-state index contributed by atoms with van der Waals surface area (Å²) in [7, 11) is 1.62. The highest BCUT2D eigenvalue weighted by Crippen LogP contribution is 2.19. The number of nitrogens with one attached hydrogen (secondary N) is 1. The van der Waals surface area contributed by atoms with Crippen LogP contribution in [0.25, 0.3) is 0 Å². The molecule has 0 bridgehead atoms. The van der Waals surface area contributed by atoms with Crippen molar-refractivity contribution in [3.05, 3.63) is 0 Å². The molecule has 0 saturated heterocycles. The second-order valence-electron chi connectivity index (χ2n) is 4.34. The van der Waals surface area contributed by atoms with E-state index in [0.717, 1.165) is 19.3 Å². The Morgan fingerprint density at radius 3 is 2.00 bits per heavy atom. The third-order valence-corrected chi connectivity index (χ3v) is 3.41. The molecular weight excluding hydrogens is 220 g/mol. The van der Waals surface area contributed by atoms with Crippen molar-refractivity contribution in [3.8, 4) is 0 Å². The lowest BCUT2D eigenvalue weighted by Crippen LogP contribution is -2.51. The highest BCUT2D eigenvalue weighted by atomic mass is 16.4. The summed E-state index contributed by atoms with van der Waals surface area (Å²) in [5, 5.41) is 11.6. The fourth-order valence-electron chi connectivity index (χ4n) is 1.70. The molecule has 0 aliphatic carbocycles. The van der Waals surface area contributed by atoms with E-state index in [1.54, 1.807) is 7.05 Å². The van der Waals surface area contributed by atoms with Crippen LogP contribution in [0.2, 0.25) is 0 Å². The molecule has 0 aliphatic rings. The van der Waals surface area contributed by atoms with Crippen LogP contribution in [-0.2, 0) is 4.79 Å². The number of hydrogen-bond acceptors (Lipinski definition) is 2. The number of aliphatic carboxylic acids is 1. The van der Waals surface area contributed by atoms with Gasteiger partial charge in [-0.15, -0.1) is 0 Å². The highest BCUT2D eigenvalue weighted by molar-refractivity contribution is 5.75. The van der Waals surface area contributed by atoms with Crippen molar-refractivity contribution in [1.29, 1.82) is 0 Å². The van der Waals surface area contributed by atoms with Gasteiger partial charge in [-0.3, -0.25) is 4.79 Å². The SMILES string of the molecule is CCC(CC)(CC)NC(=O)N(C)CCC(=O)O. The molecule has 0 radical (unpaired) electrons. The van der Waals surface area contributed by atoms with Gasteiger partial charge in [-0.05, 0) is 19.3 Å². The van der Waals surface area contributed by atoms with Crippen molar-refractivity contribution >= 4 is 12.0 Å². The van der Waals surface area contributed by atoms with E-state index in [4.69, 9.17) is 5.11 Å². The van der Waals surface area contributed by atoms with Gasteiger partial charge in [0.1, 0.15) is 0 Å². The summed E-state index contributed by atoms with van der Waals surface area (Å²) in [6.07, 6.45) is 2.59. The van der Waals surface area contributed by atoms with Crippen LogP contribution >= 0.6 is 0 Å². The van der Waals surface area contributed by atoms with Crippen molar-refractivity contribution in [3.63, 3.8) is 0 Å². The summed E-state index contributed by atoms with van der Waals surface area (Å²) in [5.41, 5.74) is -0.172. The number of amides is 2. The van der Waals surface area contributed by atoms with E-state index in [1.807, 2.05) is 20.8 Å². The molecule has 2 N–H and O–H groups in total. The first kappa shape index (κ1) is 15.7. The Hall–Kier alpha value is -1.26. The van der Waals surface area contributed by atoms with Gasteiger partial charge >= 0.3 is 12.0 Å². The standard InChI is InChI=1S/C12H24N2O3/c1-5-12(6-2,7-3)13-11(17)14(4)9-8-10(15)16/h5-9H2,1-4H3,(H,13,17)(H,15,16). The first-order chi connectivity index (χ1) is 7.90. The number of carboxylic acid groups (broad SMARTS) is 1. The van der Waals surface area contributed by atoms with Crippen molar-refractivity contribution in [1.82, 2.24) is 10.2 Å². The Morgan fingerprint density at radius 1 is 1.18 bits per heavy atom. The molecule has 5 heteroatoms. The topological polar surface area (TPSA) is 69.6 Å². The Labute approximate surface area is 103 Å². The zero-order valence-electron chi connectivity index (χ0n) is 11.2. The van der Waals surface area contributed by atoms with Gasteiger partial charge in [0, 0.05) is 19.1 Å². The third-order valence-electron chi connectivity index (χ3n) is 3.41. The van der Waals surface area contributed by atoms with E-state index >= 15 is 0 Å². The fourth-order valence-corrected chi connectivity index (χ4v) is 1.70. The monoisotopic (exact) mass is 244 g/mol. The molecule has 0 rings (SSSR count). The summed E-state index contributed by atoms with van der Waals surface area (Å²) >= 11 is 0. The fraction of sp³-hybridized carbons (Fsp3) is 0.833. The maximum absolute atomic E-state index is 11.9. The average molecular weight is 244 g/mol. The maximum atomic E-state index is 11.9. The van der Waals surface area contributed by atoms with Gasteiger partial charge < -0.3 is 15.3 Å². The average Bonchev–Trinajstić information content (AvgIpc) is 2.32. The molecule has 2 amide bonds. The zero-order chi connectivity index (χ0) is 13.5. The molecule has 0 aromatic rings. The molecule has 0 spiro atoms. The Kier molecular flexibility index (Phi) is 6.61. The van der Waals surface area contributed by atoms with Gasteiger partial charge in [-0.1, -0.05) is 20.8 Å². The summed E-state index contributed by atoms with van der Waals surface area (Å²) in [4.78, 5) is 23.7. The molecular formula is C12H24N2O3. The summed E-state index contributed by atoms with van der Waals surface area (Å²) in [6, 6.07) is -0.197. The van der Waals surface area contributed by atoms with E-state index in [2.05, 4.69) is 5.32 Å². The minimum atomic E-state index is -0.891. The molecule has 0 saturated carbocycles. The van der Waals surface area contributed by atoms with E-state index in [9.17, 15) is 9.59 Å². The second kappa shape index (κ2) is 7.14. The number of nitrogens with zero attached hydrogens (tertiary/aromatic N) is 1. The highest BCUT2D eigenvalue weighted by Gasteiger charge is 2.27. The van der Waals surface area contributed by atoms with Gasteiger partial charge in [0.15, 0.2) is 0 Å². The van der Waals surface area contributed by atoms with Crippen LogP contribution in [0.4, 0.5) is 4.79 Å². The first-order valence-corrected chi connectivity index (χ1v) is 6.15. The molecule has 0 aliphatic heterocycles. The number of hydrogen-bond donors (Lipinski definition) is 2. The van der Waals surface area contributed by atoms with Gasteiger partial charge in [-0.25, -0.2) is 4.79 Å². The minimum Gasteiger partial charge on any atom is -0.481 e. The van der Waals surface area contributed by atoms with Crippen molar-refractivity contribution in [2.75, 3.05) is 13.6 Å². The second-order valence-corrected chi connectivity index (χ2v) is 4.34. The van der Waals surface area contributed by atoms with Gasteiger partial charge in [0.05, 0.1) is 6.42 Å². The van der Waals surface area contributed by atoms with Gasteiger partial charge in [0.2, 0.25) is 0 Å². The largest absolute Gasteiger partial charge is 0.481 e. The summed E-state index contributed by atoms with van der Waals surface area (Å²) in [5.74, 6) is -0.891. The van der Waals surface area contributed by atoms with Crippen LogP contribution in [0.3, 0.4) is 0 Å². The number of carbonyl (C=O) groups excluding carboxylic acids is 1. The number of carbonyl (C=O) groups is 2. The molecule has 0 heterocycles. The Bertz CT molecular complexity index is 254. The van der Waals surface area contributed by atoms with Crippen LogP contribution in [-0.4, -0.2) is 41.1 Å². The molecule has 0 aromatic heterocycles. The van der Waals surface area contributed by atoms with Crippen LogP contribution in [0.15, 0.2) is 0 Å². The summed E-state index contributed by atoms with van der Waals surface area (Å²) < 4.78 is 0. The van der Waals surface area contributed by atoms with Crippen molar-refractivity contribution < 1.29 is 14.7 Å². The first-order valence-electron chi connectivity index (χ1n) is 6.15. The normalized spacial score (nSPS) is 11.1. The Balaban J connectivity index is 4.35. The van der Waals surface area contributed by atoms with Crippen molar-refractivity contribution in [2.45, 2.75) is 52.0 Å². The van der Waals surface area contributed by atoms with Gasteiger partial charge in [0.25, 0.3) is 0 Å². The number of rotatable bonds is 7. The predicted octanol–water partition coefficient (Wildman–Crippen LogP) is 2.07. The summed E-state index contributed by atoms with van der Waals surface area (Å²) in [6.45, 7) is 6.37. The lowest BCUT2D eigenvalue weighted by atomic mass is 9.90. The third kappa shape index (κ3) is 5.06. The minimum absolute atomic E-state index is 0.0265. The molecule has 0 fully saturated rings. The molecule has 17 heavy (non-hydrogen) atoms. The van der Waals surface area contributed by atoms with E-state index in [-0.39, 0.29) is 24.5 Å². The van der Waals surface area contributed by atoms with Gasteiger partial charge in [-0.2, -0.15) is 0 Å². The van der Waals surface area contributed by atoms with Crippen LogP contribution in [0, 0.1) is 0 Å². The smallest absolute Gasteiger partial charge is 0.317 e. The van der Waals surface area contributed by atoms with E-state index < -0.39 is 5.97 Å². The van der Waals surface area contributed by atoms with Crippen LogP contribution < -0.4 is 5.32 Å². The Morgan fingerprint density at radius 2 is 1.65 bits per heavy atom. The van der Waals surface area contributed by atoms with Crippen LogP contribution in [0.5, 0.6) is 0 Å². The predicted molar refractivity (Wildman–Crippen MR) is 67.0 cm³/mol.